The van der Waals surface area contributed by atoms with E-state index in [0.29, 0.717) is 19.3 Å². The number of unbranched alkanes of at least 4 members (excludes halogenated alkanes) is 17. The Labute approximate surface area is 363 Å². The van der Waals surface area contributed by atoms with E-state index in [2.05, 4.69) is 93.7 Å². The highest BCUT2D eigenvalue weighted by molar-refractivity contribution is 5.71. The molecule has 0 aliphatic heterocycles. The van der Waals surface area contributed by atoms with Gasteiger partial charge in [0.15, 0.2) is 6.10 Å². The Hall–Kier alpha value is -3.41. The topological polar surface area (TPSA) is 78.9 Å². The minimum Gasteiger partial charge on any atom is -0.462 e. The lowest BCUT2D eigenvalue weighted by molar-refractivity contribution is -0.166. The zero-order chi connectivity index (χ0) is 43.0. The van der Waals surface area contributed by atoms with Crippen molar-refractivity contribution in [3.05, 3.63) is 85.1 Å². The third-order valence-corrected chi connectivity index (χ3v) is 9.90. The Morgan fingerprint density at radius 3 is 1.19 bits per heavy atom. The second kappa shape index (κ2) is 47.3. The first-order valence-corrected chi connectivity index (χ1v) is 24.1. The number of ether oxygens (including phenoxy) is 3. The van der Waals surface area contributed by atoms with E-state index in [9.17, 15) is 14.4 Å². The van der Waals surface area contributed by atoms with E-state index >= 15 is 0 Å². The molecular weight excluding hydrogens is 733 g/mol. The molecule has 59 heavy (non-hydrogen) atoms. The summed E-state index contributed by atoms with van der Waals surface area (Å²) in [5.41, 5.74) is 0. The van der Waals surface area contributed by atoms with Crippen molar-refractivity contribution < 1.29 is 28.6 Å². The molecule has 6 heteroatoms. The maximum Gasteiger partial charge on any atom is 0.306 e. The number of hydrogen-bond acceptors (Lipinski definition) is 6. The van der Waals surface area contributed by atoms with Crippen molar-refractivity contribution in [3.63, 3.8) is 0 Å². The summed E-state index contributed by atoms with van der Waals surface area (Å²) in [5.74, 6) is -1.01. The van der Waals surface area contributed by atoms with Gasteiger partial charge in [0.2, 0.25) is 0 Å². The van der Waals surface area contributed by atoms with E-state index in [1.165, 1.54) is 77.0 Å². The highest BCUT2D eigenvalue weighted by Gasteiger charge is 2.19. The fourth-order valence-electron chi connectivity index (χ4n) is 6.27. The summed E-state index contributed by atoms with van der Waals surface area (Å²) < 4.78 is 16.6. The second-order valence-electron chi connectivity index (χ2n) is 15.6. The Balaban J connectivity index is 4.48. The van der Waals surface area contributed by atoms with Gasteiger partial charge in [-0.05, 0) is 77.0 Å². The van der Waals surface area contributed by atoms with Crippen LogP contribution in [0, 0.1) is 0 Å². The molecule has 0 radical (unpaired) electrons. The van der Waals surface area contributed by atoms with Crippen LogP contribution in [0.2, 0.25) is 0 Å². The zero-order valence-corrected chi connectivity index (χ0v) is 38.2. The summed E-state index contributed by atoms with van der Waals surface area (Å²) in [5, 5.41) is 0. The molecule has 1 atom stereocenters. The number of esters is 3. The Morgan fingerprint density at radius 2 is 0.712 bits per heavy atom. The molecule has 0 aromatic heterocycles. The molecular formula is C53H88O6. The van der Waals surface area contributed by atoms with Crippen LogP contribution in [0.4, 0.5) is 0 Å². The normalized spacial score (nSPS) is 12.8. The van der Waals surface area contributed by atoms with Crippen LogP contribution in [-0.2, 0) is 28.6 Å². The molecule has 6 nitrogen and oxygen atoms in total. The fraction of sp³-hybridized carbons (Fsp3) is 0.679. The summed E-state index contributed by atoms with van der Waals surface area (Å²) in [4.78, 5) is 37.8. The van der Waals surface area contributed by atoms with Crippen molar-refractivity contribution in [1.29, 1.82) is 0 Å². The van der Waals surface area contributed by atoms with E-state index in [-0.39, 0.29) is 37.5 Å². The van der Waals surface area contributed by atoms with E-state index in [4.69, 9.17) is 14.2 Å². The predicted octanol–water partition coefficient (Wildman–Crippen LogP) is 15.6. The molecule has 0 amide bonds. The fourth-order valence-corrected chi connectivity index (χ4v) is 6.27. The summed E-state index contributed by atoms with van der Waals surface area (Å²) in [6, 6.07) is 0. The SMILES string of the molecule is CC/C=C\C/C=C\C/C=C\C/C=C\C/C=C\C/C=C\CCC(=O)OC[C@H](COC(=O)CCCCCCCCCCCCC)OC(=O)CCCCCCC/C=C\CCCC. The largest absolute Gasteiger partial charge is 0.462 e. The molecule has 0 aromatic carbocycles. The molecule has 0 rings (SSSR count). The van der Waals surface area contributed by atoms with Gasteiger partial charge in [-0.3, -0.25) is 14.4 Å². The van der Waals surface area contributed by atoms with Crippen LogP contribution in [0.5, 0.6) is 0 Å². The first-order valence-electron chi connectivity index (χ1n) is 24.1. The van der Waals surface area contributed by atoms with E-state index < -0.39 is 6.10 Å². The van der Waals surface area contributed by atoms with Crippen LogP contribution in [0.1, 0.15) is 213 Å². The number of allylic oxidation sites excluding steroid dienone is 14. The van der Waals surface area contributed by atoms with E-state index in [1.807, 2.05) is 12.2 Å². The van der Waals surface area contributed by atoms with Crippen molar-refractivity contribution in [2.24, 2.45) is 0 Å². The Morgan fingerprint density at radius 1 is 0.356 bits per heavy atom. The smallest absolute Gasteiger partial charge is 0.306 e. The van der Waals surface area contributed by atoms with E-state index in [0.717, 1.165) is 89.9 Å². The van der Waals surface area contributed by atoms with Gasteiger partial charge in [-0.25, -0.2) is 0 Å². The van der Waals surface area contributed by atoms with Gasteiger partial charge in [-0.2, -0.15) is 0 Å². The summed E-state index contributed by atoms with van der Waals surface area (Å²) in [7, 11) is 0. The van der Waals surface area contributed by atoms with Crippen molar-refractivity contribution >= 4 is 17.9 Å². The zero-order valence-electron chi connectivity index (χ0n) is 38.2. The van der Waals surface area contributed by atoms with Crippen LogP contribution in [0.25, 0.3) is 0 Å². The van der Waals surface area contributed by atoms with Crippen molar-refractivity contribution in [3.8, 4) is 0 Å². The second-order valence-corrected chi connectivity index (χ2v) is 15.6. The standard InChI is InChI=1S/C53H88O6/c1-4-7-10-13-16-19-22-23-24-25-26-27-28-29-32-34-37-40-43-46-52(55)58-49-50(59-53(56)47-44-41-38-35-31-21-18-15-12-9-6-3)48-57-51(54)45-42-39-36-33-30-20-17-14-11-8-5-2/h7,10,15-16,18-19,23-24,26-27,29,32,37,40,50H,4-6,8-9,11-14,17,20-22,25,28,30-31,33-36,38-39,41-49H2,1-3H3/b10-7-,18-15-,19-16-,24-23-,27-26-,32-29-,40-37-/t50-/m0/s1. The monoisotopic (exact) mass is 821 g/mol. The molecule has 0 unspecified atom stereocenters. The van der Waals surface area contributed by atoms with Gasteiger partial charge in [-0.15, -0.1) is 0 Å². The summed E-state index contributed by atoms with van der Waals surface area (Å²) >= 11 is 0. The molecule has 336 valence electrons. The van der Waals surface area contributed by atoms with Crippen LogP contribution < -0.4 is 0 Å². The Kier molecular flexibility index (Phi) is 44.5. The highest BCUT2D eigenvalue weighted by atomic mass is 16.6. The lowest BCUT2D eigenvalue weighted by Crippen LogP contribution is -2.30. The summed E-state index contributed by atoms with van der Waals surface area (Å²) in [6.07, 6.45) is 60.1. The lowest BCUT2D eigenvalue weighted by Gasteiger charge is -2.18. The number of hydrogen-bond donors (Lipinski definition) is 0. The molecule has 0 aliphatic rings. The van der Waals surface area contributed by atoms with Gasteiger partial charge >= 0.3 is 17.9 Å². The number of carbonyl (C=O) groups excluding carboxylic acids is 3. The molecule has 0 saturated heterocycles. The maximum atomic E-state index is 12.7. The third kappa shape index (κ3) is 45.5. The molecule has 0 N–H and O–H groups in total. The van der Waals surface area contributed by atoms with Crippen molar-refractivity contribution in [2.75, 3.05) is 13.2 Å². The minimum atomic E-state index is -0.807. The molecule has 0 aliphatic carbocycles. The maximum absolute atomic E-state index is 12.7. The summed E-state index contributed by atoms with van der Waals surface area (Å²) in [6.45, 7) is 6.39. The molecule has 0 fully saturated rings. The molecule has 0 bridgehead atoms. The van der Waals surface area contributed by atoms with E-state index in [1.54, 1.807) is 0 Å². The number of rotatable bonds is 42. The van der Waals surface area contributed by atoms with Gasteiger partial charge in [0.1, 0.15) is 13.2 Å². The first kappa shape index (κ1) is 55.6. The average molecular weight is 821 g/mol. The Bertz CT molecular complexity index is 1170. The molecule has 0 aromatic rings. The van der Waals surface area contributed by atoms with Gasteiger partial charge < -0.3 is 14.2 Å². The van der Waals surface area contributed by atoms with Gasteiger partial charge in [0.25, 0.3) is 0 Å². The minimum absolute atomic E-state index is 0.102. The highest BCUT2D eigenvalue weighted by Crippen LogP contribution is 2.13. The van der Waals surface area contributed by atoms with Gasteiger partial charge in [0.05, 0.1) is 0 Å². The van der Waals surface area contributed by atoms with Gasteiger partial charge in [-0.1, -0.05) is 202 Å². The molecule has 0 heterocycles. The quantitative estimate of drug-likeness (QED) is 0.0264. The van der Waals surface area contributed by atoms with Crippen LogP contribution in [-0.4, -0.2) is 37.2 Å². The predicted molar refractivity (Wildman–Crippen MR) is 251 cm³/mol. The van der Waals surface area contributed by atoms with Gasteiger partial charge in [0, 0.05) is 19.3 Å². The van der Waals surface area contributed by atoms with Crippen LogP contribution >= 0.6 is 0 Å². The van der Waals surface area contributed by atoms with Crippen molar-refractivity contribution in [1.82, 2.24) is 0 Å². The molecule has 0 spiro atoms. The first-order chi connectivity index (χ1) is 29.0. The average Bonchev–Trinajstić information content (AvgIpc) is 3.23. The lowest BCUT2D eigenvalue weighted by atomic mass is 10.1. The third-order valence-electron chi connectivity index (χ3n) is 9.90. The van der Waals surface area contributed by atoms with Crippen molar-refractivity contribution in [2.45, 2.75) is 219 Å². The molecule has 0 saturated carbocycles. The van der Waals surface area contributed by atoms with Crippen LogP contribution in [0.3, 0.4) is 0 Å². The van der Waals surface area contributed by atoms with Crippen LogP contribution in [0.15, 0.2) is 85.1 Å². The number of carbonyl (C=O) groups is 3.